The maximum atomic E-state index is 5.43. The second-order valence-corrected chi connectivity index (χ2v) is 3.08. The third kappa shape index (κ3) is 2.33. The Balaban J connectivity index is 1.92. The fraction of sp³-hybridized carbons (Fsp3) is 1.00. The molecule has 0 aromatic carbocycles. The Morgan fingerprint density at radius 2 is 2.40 bits per heavy atom. The van der Waals surface area contributed by atoms with Gasteiger partial charge in [-0.1, -0.05) is 19.7 Å². The zero-order valence-electron chi connectivity index (χ0n) is 6.84. The van der Waals surface area contributed by atoms with Gasteiger partial charge in [0.05, 0.1) is 7.85 Å². The van der Waals surface area contributed by atoms with E-state index in [4.69, 9.17) is 7.85 Å². The average molecular weight is 137 g/mol. The predicted octanol–water partition coefficient (Wildman–Crippen LogP) is 1.45. The van der Waals surface area contributed by atoms with E-state index in [1.54, 1.807) is 0 Å². The summed E-state index contributed by atoms with van der Waals surface area (Å²) in [6.45, 7) is 4.83. The summed E-state index contributed by atoms with van der Waals surface area (Å²) in [5.74, 6) is 0. The average Bonchev–Trinajstić information content (AvgIpc) is 2.65. The Kier molecular flexibility index (Phi) is 3.27. The van der Waals surface area contributed by atoms with Gasteiger partial charge < -0.3 is 0 Å². The molecule has 0 N–H and O–H groups in total. The number of unbranched alkanes of at least 4 members (excludes halogenated alkanes) is 1. The van der Waals surface area contributed by atoms with Crippen LogP contribution in [0.15, 0.2) is 0 Å². The summed E-state index contributed by atoms with van der Waals surface area (Å²) in [5.41, 5.74) is 0. The minimum atomic E-state index is 0.844. The van der Waals surface area contributed by atoms with Crippen molar-refractivity contribution in [3.8, 4) is 0 Å². The van der Waals surface area contributed by atoms with Crippen molar-refractivity contribution < 1.29 is 0 Å². The number of rotatable bonds is 5. The normalized spacial score (nSPS) is 30.5. The molecule has 1 nitrogen and oxygen atoms in total. The van der Waals surface area contributed by atoms with Crippen LogP contribution in [0.4, 0.5) is 0 Å². The van der Waals surface area contributed by atoms with Crippen molar-refractivity contribution in [2.45, 2.75) is 38.5 Å². The Labute approximate surface area is 65.2 Å². The van der Waals surface area contributed by atoms with E-state index >= 15 is 0 Å². The van der Waals surface area contributed by atoms with Gasteiger partial charge in [0.15, 0.2) is 0 Å². The van der Waals surface area contributed by atoms with Crippen LogP contribution in [0, 0.1) is 0 Å². The van der Waals surface area contributed by atoms with Crippen molar-refractivity contribution in [1.82, 2.24) is 4.90 Å². The maximum absolute atomic E-state index is 5.43. The molecule has 2 heteroatoms. The summed E-state index contributed by atoms with van der Waals surface area (Å²) in [6, 6.07) is 0.844. The molecule has 2 unspecified atom stereocenters. The largest absolute Gasteiger partial charge is 0.298 e. The number of hydrogen-bond acceptors (Lipinski definition) is 1. The molecule has 0 spiro atoms. The lowest BCUT2D eigenvalue weighted by Gasteiger charge is -1.99. The van der Waals surface area contributed by atoms with E-state index in [9.17, 15) is 0 Å². The molecule has 0 saturated carbocycles. The Hall–Kier alpha value is 0.0249. The van der Waals surface area contributed by atoms with Gasteiger partial charge in [0.25, 0.3) is 0 Å². The van der Waals surface area contributed by atoms with Gasteiger partial charge in [0, 0.05) is 12.6 Å². The first kappa shape index (κ1) is 8.12. The monoisotopic (exact) mass is 137 g/mol. The van der Waals surface area contributed by atoms with Crippen LogP contribution in [0.3, 0.4) is 0 Å². The van der Waals surface area contributed by atoms with Crippen LogP contribution in [0.1, 0.15) is 26.2 Å². The van der Waals surface area contributed by atoms with E-state index in [0.717, 1.165) is 12.4 Å². The smallest absolute Gasteiger partial charge is 0.0653 e. The molecule has 0 aliphatic carbocycles. The van der Waals surface area contributed by atoms with E-state index < -0.39 is 0 Å². The van der Waals surface area contributed by atoms with Crippen molar-refractivity contribution in [3.05, 3.63) is 0 Å². The quantitative estimate of drug-likeness (QED) is 0.409. The van der Waals surface area contributed by atoms with Gasteiger partial charge in [0.1, 0.15) is 0 Å². The van der Waals surface area contributed by atoms with Crippen LogP contribution in [0.2, 0.25) is 6.32 Å². The summed E-state index contributed by atoms with van der Waals surface area (Å²) in [6.07, 6.45) is 4.71. The lowest BCUT2D eigenvalue weighted by molar-refractivity contribution is 0.481. The fourth-order valence-corrected chi connectivity index (χ4v) is 1.32. The molecule has 2 atom stereocenters. The van der Waals surface area contributed by atoms with E-state index in [0.29, 0.717) is 0 Å². The Morgan fingerprint density at radius 3 is 3.00 bits per heavy atom. The molecular weight excluding hydrogens is 121 g/mol. The van der Waals surface area contributed by atoms with Crippen molar-refractivity contribution in [1.29, 1.82) is 0 Å². The van der Waals surface area contributed by atoms with Gasteiger partial charge in [-0.05, 0) is 19.4 Å². The van der Waals surface area contributed by atoms with E-state index in [1.165, 1.54) is 32.4 Å². The first-order valence-electron chi connectivity index (χ1n) is 4.32. The van der Waals surface area contributed by atoms with Crippen LogP contribution in [0.5, 0.6) is 0 Å². The third-order valence-corrected chi connectivity index (χ3v) is 2.13. The van der Waals surface area contributed by atoms with Gasteiger partial charge in [-0.3, -0.25) is 4.90 Å². The Morgan fingerprint density at radius 1 is 1.60 bits per heavy atom. The van der Waals surface area contributed by atoms with E-state index in [-0.39, 0.29) is 0 Å². The molecule has 1 heterocycles. The maximum Gasteiger partial charge on any atom is 0.0653 e. The summed E-state index contributed by atoms with van der Waals surface area (Å²) in [4.78, 5) is 2.51. The van der Waals surface area contributed by atoms with E-state index in [1.807, 2.05) is 0 Å². The summed E-state index contributed by atoms with van der Waals surface area (Å²) in [5, 5.41) is 0. The van der Waals surface area contributed by atoms with E-state index in [2.05, 4.69) is 11.8 Å². The molecule has 10 heavy (non-hydrogen) atoms. The molecule has 0 aromatic heterocycles. The third-order valence-electron chi connectivity index (χ3n) is 2.13. The first-order valence-corrected chi connectivity index (χ1v) is 4.32. The van der Waals surface area contributed by atoms with Crippen LogP contribution < -0.4 is 0 Å². The highest BCUT2D eigenvalue weighted by Crippen LogP contribution is 2.21. The number of nitrogens with zero attached hydrogens (tertiary/aromatic N) is 1. The summed E-state index contributed by atoms with van der Waals surface area (Å²) < 4.78 is 0. The zero-order chi connectivity index (χ0) is 7.40. The molecule has 0 aromatic rings. The van der Waals surface area contributed by atoms with Gasteiger partial charge >= 0.3 is 0 Å². The highest BCUT2D eigenvalue weighted by atomic mass is 15.3. The molecule has 1 aliphatic rings. The molecule has 1 fully saturated rings. The van der Waals surface area contributed by atoms with Gasteiger partial charge in [-0.25, -0.2) is 0 Å². The minimum absolute atomic E-state index is 0.844. The molecule has 2 radical (unpaired) electrons. The SMILES string of the molecule is [B]CCC1CN1CCCC. The molecule has 1 rings (SSSR count). The van der Waals surface area contributed by atoms with Crippen LogP contribution in [0.25, 0.3) is 0 Å². The van der Waals surface area contributed by atoms with Crippen molar-refractivity contribution in [2.75, 3.05) is 13.1 Å². The van der Waals surface area contributed by atoms with Gasteiger partial charge in [-0.2, -0.15) is 0 Å². The summed E-state index contributed by atoms with van der Waals surface area (Å²) >= 11 is 0. The zero-order valence-corrected chi connectivity index (χ0v) is 6.84. The molecular formula is C8H16BN. The second-order valence-electron chi connectivity index (χ2n) is 3.08. The fourth-order valence-electron chi connectivity index (χ4n) is 1.32. The Bertz CT molecular complexity index is 95.3. The van der Waals surface area contributed by atoms with Gasteiger partial charge in [-0.15, -0.1) is 0 Å². The van der Waals surface area contributed by atoms with Crippen LogP contribution >= 0.6 is 0 Å². The standard InChI is InChI=1S/C8H16BN/c1-2-3-6-10-7-8(10)4-5-9/h8H,2-7H2,1H3. The van der Waals surface area contributed by atoms with Crippen LogP contribution in [-0.4, -0.2) is 31.9 Å². The second kappa shape index (κ2) is 4.02. The lowest BCUT2D eigenvalue weighted by Crippen LogP contribution is -2.03. The predicted molar refractivity (Wildman–Crippen MR) is 45.4 cm³/mol. The highest BCUT2D eigenvalue weighted by Gasteiger charge is 2.31. The summed E-state index contributed by atoms with van der Waals surface area (Å²) in [7, 11) is 5.43. The topological polar surface area (TPSA) is 3.01 Å². The number of hydrogen-bond donors (Lipinski definition) is 0. The molecule has 0 bridgehead atoms. The van der Waals surface area contributed by atoms with Crippen LogP contribution in [-0.2, 0) is 0 Å². The minimum Gasteiger partial charge on any atom is -0.298 e. The molecule has 1 saturated heterocycles. The molecule has 1 aliphatic heterocycles. The molecule has 56 valence electrons. The first-order chi connectivity index (χ1) is 4.88. The lowest BCUT2D eigenvalue weighted by atomic mass is 10.0. The molecule has 0 amide bonds. The van der Waals surface area contributed by atoms with Gasteiger partial charge in [0.2, 0.25) is 0 Å². The van der Waals surface area contributed by atoms with Crippen molar-refractivity contribution in [3.63, 3.8) is 0 Å². The van der Waals surface area contributed by atoms with Crippen molar-refractivity contribution in [2.24, 2.45) is 0 Å². The van der Waals surface area contributed by atoms with Crippen molar-refractivity contribution >= 4 is 7.85 Å². The highest BCUT2D eigenvalue weighted by molar-refractivity contribution is 6.08.